The lowest BCUT2D eigenvalue weighted by molar-refractivity contribution is -0.289. The van der Waals surface area contributed by atoms with E-state index >= 15 is 0 Å². The van der Waals surface area contributed by atoms with E-state index in [1.807, 2.05) is 181 Å². The van der Waals surface area contributed by atoms with Gasteiger partial charge in [-0.15, -0.1) is 0 Å². The molecule has 0 saturated carbocycles. The first-order valence-electron chi connectivity index (χ1n) is 19.7. The fourth-order valence-corrected chi connectivity index (χ4v) is 7.44. The molecule has 294 valence electrons. The SMILES string of the molecule is O=Cc1cn([C@@H]2O[C@H](COCc3ccccc3)[C@@H](OCc3ccccc3)[C@H](OCc3ccccc3)[C@H]2OCc2ccccc2)c2c(OCc3ccccc3)cccc12. The lowest BCUT2D eigenvalue weighted by Gasteiger charge is -2.46. The standard InChI is InChI=1S/C50H47NO7/c52-30-42-29-51(46-43(42)27-16-28-44(46)54-32-38-19-8-2-9-20-38)50-49(57-35-41-25-14-5-15-26-41)48(56-34-40-23-12-4-13-24-40)47(55-33-39-21-10-3-11-22-39)45(58-50)36-53-31-37-17-6-1-7-18-37/h1-30,45,47-50H,31-36H2/t45-,47-,48+,49-,50-/m1/s1. The van der Waals surface area contributed by atoms with E-state index in [1.165, 1.54) is 0 Å². The average Bonchev–Trinajstić information content (AvgIpc) is 3.67. The van der Waals surface area contributed by atoms with Crippen molar-refractivity contribution in [2.24, 2.45) is 0 Å². The van der Waals surface area contributed by atoms with Crippen LogP contribution in [0.25, 0.3) is 10.9 Å². The summed E-state index contributed by atoms with van der Waals surface area (Å²) in [5.74, 6) is 0.612. The number of carbonyl (C=O) groups excluding carboxylic acids is 1. The molecule has 58 heavy (non-hydrogen) atoms. The highest BCUT2D eigenvalue weighted by Gasteiger charge is 2.49. The summed E-state index contributed by atoms with van der Waals surface area (Å²) in [4.78, 5) is 12.7. The molecule has 0 unspecified atom stereocenters. The molecule has 6 aromatic carbocycles. The molecule has 0 amide bonds. The van der Waals surface area contributed by atoms with Gasteiger partial charge in [0.1, 0.15) is 36.8 Å². The molecule has 0 radical (unpaired) electrons. The lowest BCUT2D eigenvalue weighted by atomic mass is 9.96. The van der Waals surface area contributed by atoms with E-state index in [4.69, 9.17) is 28.4 Å². The zero-order chi connectivity index (χ0) is 39.4. The van der Waals surface area contributed by atoms with Gasteiger partial charge in [-0.25, -0.2) is 0 Å². The third-order valence-electron chi connectivity index (χ3n) is 10.3. The van der Waals surface area contributed by atoms with Crippen molar-refractivity contribution >= 4 is 17.2 Å². The Balaban J connectivity index is 1.22. The van der Waals surface area contributed by atoms with Crippen LogP contribution in [0.5, 0.6) is 5.75 Å². The van der Waals surface area contributed by atoms with E-state index in [2.05, 4.69) is 0 Å². The van der Waals surface area contributed by atoms with Gasteiger partial charge in [0.25, 0.3) is 0 Å². The maximum absolute atomic E-state index is 12.7. The van der Waals surface area contributed by atoms with Crippen LogP contribution in [0.4, 0.5) is 0 Å². The van der Waals surface area contributed by atoms with Crippen LogP contribution in [-0.4, -0.2) is 41.9 Å². The Hall–Kier alpha value is -5.87. The highest BCUT2D eigenvalue weighted by atomic mass is 16.6. The van der Waals surface area contributed by atoms with Crippen molar-refractivity contribution in [1.29, 1.82) is 0 Å². The number of aldehydes is 1. The van der Waals surface area contributed by atoms with Crippen LogP contribution in [0.2, 0.25) is 0 Å². The minimum Gasteiger partial charge on any atom is -0.487 e. The predicted molar refractivity (Wildman–Crippen MR) is 223 cm³/mol. The Morgan fingerprint density at radius 2 is 0.966 bits per heavy atom. The second kappa shape index (κ2) is 19.5. The van der Waals surface area contributed by atoms with Crippen molar-refractivity contribution in [1.82, 2.24) is 4.57 Å². The topological polar surface area (TPSA) is 77.4 Å². The number of aromatic nitrogens is 1. The quantitative estimate of drug-likeness (QED) is 0.0804. The summed E-state index contributed by atoms with van der Waals surface area (Å²) in [6.45, 7) is 1.86. The van der Waals surface area contributed by atoms with Crippen LogP contribution in [0.3, 0.4) is 0 Å². The number of para-hydroxylation sites is 1. The molecular formula is C50H47NO7. The molecule has 1 fully saturated rings. The fraction of sp³-hybridized carbons (Fsp3) is 0.220. The summed E-state index contributed by atoms with van der Waals surface area (Å²) in [5.41, 5.74) is 6.32. The largest absolute Gasteiger partial charge is 0.487 e. The van der Waals surface area contributed by atoms with Gasteiger partial charge in [0.2, 0.25) is 0 Å². The number of benzene rings is 6. The second-order valence-corrected chi connectivity index (χ2v) is 14.4. The number of hydrogen-bond acceptors (Lipinski definition) is 7. The smallest absolute Gasteiger partial charge is 0.163 e. The normalized spacial score (nSPS) is 19.2. The average molecular weight is 774 g/mol. The molecule has 7 aromatic rings. The molecule has 5 atom stereocenters. The Bertz CT molecular complexity index is 2300. The van der Waals surface area contributed by atoms with Crippen LogP contribution < -0.4 is 4.74 Å². The van der Waals surface area contributed by atoms with Crippen LogP contribution in [0.1, 0.15) is 44.4 Å². The molecule has 8 rings (SSSR count). The van der Waals surface area contributed by atoms with Crippen molar-refractivity contribution in [2.75, 3.05) is 6.61 Å². The highest BCUT2D eigenvalue weighted by molar-refractivity contribution is 6.00. The van der Waals surface area contributed by atoms with E-state index in [0.29, 0.717) is 43.3 Å². The van der Waals surface area contributed by atoms with Crippen molar-refractivity contribution in [3.63, 3.8) is 0 Å². The number of fused-ring (bicyclic) bond motifs is 1. The Labute approximate surface area is 339 Å². The molecule has 0 spiro atoms. The third kappa shape index (κ3) is 9.62. The third-order valence-corrected chi connectivity index (χ3v) is 10.3. The van der Waals surface area contributed by atoms with Gasteiger partial charge in [0.05, 0.1) is 38.6 Å². The van der Waals surface area contributed by atoms with Gasteiger partial charge in [-0.2, -0.15) is 0 Å². The lowest BCUT2D eigenvalue weighted by Crippen LogP contribution is -2.59. The van der Waals surface area contributed by atoms with E-state index in [1.54, 1.807) is 0 Å². The Kier molecular flexibility index (Phi) is 13.1. The zero-order valence-corrected chi connectivity index (χ0v) is 32.3. The van der Waals surface area contributed by atoms with Gasteiger partial charge in [0, 0.05) is 17.1 Å². The molecule has 0 bridgehead atoms. The van der Waals surface area contributed by atoms with E-state index in [-0.39, 0.29) is 13.2 Å². The molecule has 1 saturated heterocycles. The molecule has 1 aliphatic heterocycles. The first-order valence-corrected chi connectivity index (χ1v) is 19.7. The van der Waals surface area contributed by atoms with E-state index < -0.39 is 30.6 Å². The zero-order valence-electron chi connectivity index (χ0n) is 32.3. The maximum atomic E-state index is 12.7. The monoisotopic (exact) mass is 773 g/mol. The minimum absolute atomic E-state index is 0.207. The number of hydrogen-bond donors (Lipinski definition) is 0. The summed E-state index contributed by atoms with van der Waals surface area (Å²) in [6.07, 6.45) is -0.666. The molecule has 8 heteroatoms. The molecule has 1 aliphatic rings. The van der Waals surface area contributed by atoms with Crippen LogP contribution in [-0.2, 0) is 56.7 Å². The van der Waals surface area contributed by atoms with E-state index in [9.17, 15) is 4.79 Å². The molecule has 2 heterocycles. The first-order chi connectivity index (χ1) is 28.7. The van der Waals surface area contributed by atoms with Crippen LogP contribution in [0.15, 0.2) is 176 Å². The van der Waals surface area contributed by atoms with Gasteiger partial charge >= 0.3 is 0 Å². The van der Waals surface area contributed by atoms with Crippen molar-refractivity contribution in [2.45, 2.75) is 63.7 Å². The first kappa shape index (κ1) is 39.0. The van der Waals surface area contributed by atoms with Crippen LogP contribution in [0, 0.1) is 0 Å². The molecule has 1 aromatic heterocycles. The molecular weight excluding hydrogens is 727 g/mol. The maximum Gasteiger partial charge on any atom is 0.163 e. The minimum atomic E-state index is -0.788. The van der Waals surface area contributed by atoms with Gasteiger partial charge in [-0.1, -0.05) is 164 Å². The van der Waals surface area contributed by atoms with Crippen molar-refractivity contribution in [3.8, 4) is 5.75 Å². The molecule has 0 aliphatic carbocycles. The Morgan fingerprint density at radius 1 is 0.500 bits per heavy atom. The van der Waals surface area contributed by atoms with E-state index in [0.717, 1.165) is 39.5 Å². The molecule has 8 nitrogen and oxygen atoms in total. The van der Waals surface area contributed by atoms with Crippen molar-refractivity contribution in [3.05, 3.63) is 209 Å². The van der Waals surface area contributed by atoms with Gasteiger partial charge < -0.3 is 33.0 Å². The summed E-state index contributed by atoms with van der Waals surface area (Å²) < 4.78 is 43.0. The number of rotatable bonds is 18. The summed E-state index contributed by atoms with van der Waals surface area (Å²) in [7, 11) is 0. The van der Waals surface area contributed by atoms with Gasteiger partial charge in [-0.3, -0.25) is 4.79 Å². The summed E-state index contributed by atoms with van der Waals surface area (Å²) in [6, 6.07) is 56.0. The Morgan fingerprint density at radius 3 is 1.48 bits per heavy atom. The van der Waals surface area contributed by atoms with Gasteiger partial charge in [0.15, 0.2) is 12.5 Å². The summed E-state index contributed by atoms with van der Waals surface area (Å²) in [5, 5.41) is 0.743. The fourth-order valence-electron chi connectivity index (χ4n) is 7.44. The number of ether oxygens (including phenoxy) is 6. The highest BCUT2D eigenvalue weighted by Crippen LogP contribution is 2.40. The molecule has 0 N–H and O–H groups in total. The predicted octanol–water partition coefficient (Wildman–Crippen LogP) is 9.90. The second-order valence-electron chi connectivity index (χ2n) is 14.4. The van der Waals surface area contributed by atoms with Crippen LogP contribution >= 0.6 is 0 Å². The number of carbonyl (C=O) groups is 1. The van der Waals surface area contributed by atoms with Gasteiger partial charge in [-0.05, 0) is 33.9 Å². The number of nitrogens with zero attached hydrogens (tertiary/aromatic N) is 1. The van der Waals surface area contributed by atoms with Crippen molar-refractivity contribution < 1.29 is 33.2 Å². The summed E-state index contributed by atoms with van der Waals surface area (Å²) >= 11 is 0.